The number of nitrogens with zero attached hydrogens (tertiary/aromatic N) is 1. The number of anilines is 1. The van der Waals surface area contributed by atoms with Gasteiger partial charge in [0, 0.05) is 29.8 Å². The number of rotatable bonds is 2. The molecule has 94 valence electrons. The van der Waals surface area contributed by atoms with Gasteiger partial charge in [-0.2, -0.15) is 0 Å². The van der Waals surface area contributed by atoms with Crippen LogP contribution in [0.5, 0.6) is 0 Å². The SMILES string of the molecule is CC1(C)CCN(c2ccc(Br)cc2CN)CC1. The van der Waals surface area contributed by atoms with Crippen molar-refractivity contribution in [2.24, 2.45) is 11.1 Å². The average molecular weight is 297 g/mol. The van der Waals surface area contributed by atoms with Gasteiger partial charge in [0.25, 0.3) is 0 Å². The number of piperidine rings is 1. The number of halogens is 1. The average Bonchev–Trinajstić information content (AvgIpc) is 2.29. The highest BCUT2D eigenvalue weighted by Gasteiger charge is 2.26. The van der Waals surface area contributed by atoms with E-state index >= 15 is 0 Å². The minimum absolute atomic E-state index is 0.495. The number of hydrogen-bond donors (Lipinski definition) is 1. The first-order valence-corrected chi connectivity index (χ1v) is 7.04. The summed E-state index contributed by atoms with van der Waals surface area (Å²) >= 11 is 3.51. The van der Waals surface area contributed by atoms with Crippen LogP contribution in [0.3, 0.4) is 0 Å². The smallest absolute Gasteiger partial charge is 0.0412 e. The first-order valence-electron chi connectivity index (χ1n) is 6.25. The van der Waals surface area contributed by atoms with Gasteiger partial charge in [0.2, 0.25) is 0 Å². The Labute approximate surface area is 112 Å². The Hall–Kier alpha value is -0.540. The molecule has 1 aliphatic rings. The second-order valence-electron chi connectivity index (χ2n) is 5.63. The molecule has 0 unspecified atom stereocenters. The molecule has 1 aliphatic heterocycles. The van der Waals surface area contributed by atoms with E-state index < -0.39 is 0 Å². The van der Waals surface area contributed by atoms with E-state index in [1.165, 1.54) is 24.1 Å². The number of benzene rings is 1. The van der Waals surface area contributed by atoms with Gasteiger partial charge in [-0.05, 0) is 42.0 Å². The van der Waals surface area contributed by atoms with E-state index in [0.29, 0.717) is 12.0 Å². The van der Waals surface area contributed by atoms with Gasteiger partial charge in [0.1, 0.15) is 0 Å². The minimum atomic E-state index is 0.495. The first kappa shape index (κ1) is 12.9. The molecule has 1 saturated heterocycles. The Morgan fingerprint density at radius 3 is 2.53 bits per heavy atom. The highest BCUT2D eigenvalue weighted by molar-refractivity contribution is 9.10. The van der Waals surface area contributed by atoms with Crippen molar-refractivity contribution in [1.29, 1.82) is 0 Å². The molecule has 0 spiro atoms. The fourth-order valence-corrected chi connectivity index (χ4v) is 2.79. The number of hydrogen-bond acceptors (Lipinski definition) is 2. The van der Waals surface area contributed by atoms with Gasteiger partial charge < -0.3 is 10.6 Å². The minimum Gasteiger partial charge on any atom is -0.371 e. The molecule has 0 aromatic heterocycles. The molecule has 2 nitrogen and oxygen atoms in total. The zero-order valence-electron chi connectivity index (χ0n) is 10.7. The van der Waals surface area contributed by atoms with Crippen LogP contribution in [0.15, 0.2) is 22.7 Å². The van der Waals surface area contributed by atoms with Gasteiger partial charge in [-0.15, -0.1) is 0 Å². The summed E-state index contributed by atoms with van der Waals surface area (Å²) in [5.74, 6) is 0. The van der Waals surface area contributed by atoms with Crippen LogP contribution >= 0.6 is 15.9 Å². The van der Waals surface area contributed by atoms with Crippen molar-refractivity contribution in [3.63, 3.8) is 0 Å². The normalized spacial score (nSPS) is 19.4. The highest BCUT2D eigenvalue weighted by atomic mass is 79.9. The summed E-state index contributed by atoms with van der Waals surface area (Å²) in [5, 5.41) is 0. The third kappa shape index (κ3) is 3.02. The van der Waals surface area contributed by atoms with Crippen LogP contribution in [0.2, 0.25) is 0 Å². The Morgan fingerprint density at radius 2 is 1.94 bits per heavy atom. The van der Waals surface area contributed by atoms with Crippen LogP contribution in [0.1, 0.15) is 32.3 Å². The van der Waals surface area contributed by atoms with Gasteiger partial charge >= 0.3 is 0 Å². The van der Waals surface area contributed by atoms with Gasteiger partial charge in [0.05, 0.1) is 0 Å². The molecule has 1 aromatic rings. The maximum absolute atomic E-state index is 5.83. The monoisotopic (exact) mass is 296 g/mol. The fourth-order valence-electron chi connectivity index (χ4n) is 2.38. The first-order chi connectivity index (χ1) is 8.02. The molecule has 2 N–H and O–H groups in total. The van der Waals surface area contributed by atoms with Crippen LogP contribution in [0.25, 0.3) is 0 Å². The van der Waals surface area contributed by atoms with E-state index in [2.05, 4.69) is 52.9 Å². The van der Waals surface area contributed by atoms with E-state index in [0.717, 1.165) is 17.6 Å². The van der Waals surface area contributed by atoms with Crippen molar-refractivity contribution < 1.29 is 0 Å². The van der Waals surface area contributed by atoms with Crippen LogP contribution in [0, 0.1) is 5.41 Å². The van der Waals surface area contributed by atoms with Crippen molar-refractivity contribution in [3.8, 4) is 0 Å². The number of nitrogens with two attached hydrogens (primary N) is 1. The molecule has 0 bridgehead atoms. The third-order valence-corrected chi connectivity index (χ3v) is 4.21. The Morgan fingerprint density at radius 1 is 1.29 bits per heavy atom. The molecule has 0 radical (unpaired) electrons. The lowest BCUT2D eigenvalue weighted by Gasteiger charge is -2.39. The zero-order valence-corrected chi connectivity index (χ0v) is 12.3. The molecule has 0 amide bonds. The van der Waals surface area contributed by atoms with Crippen LogP contribution in [-0.2, 0) is 6.54 Å². The van der Waals surface area contributed by atoms with E-state index in [4.69, 9.17) is 5.73 Å². The van der Waals surface area contributed by atoms with E-state index in [-0.39, 0.29) is 0 Å². The van der Waals surface area contributed by atoms with Crippen molar-refractivity contribution in [2.75, 3.05) is 18.0 Å². The summed E-state index contributed by atoms with van der Waals surface area (Å²) in [4.78, 5) is 2.47. The molecule has 1 heterocycles. The van der Waals surface area contributed by atoms with Gasteiger partial charge in [-0.1, -0.05) is 29.8 Å². The summed E-state index contributed by atoms with van der Waals surface area (Å²) in [6.07, 6.45) is 2.51. The maximum atomic E-state index is 5.83. The lowest BCUT2D eigenvalue weighted by molar-refractivity contribution is 0.279. The molecule has 2 rings (SSSR count). The van der Waals surface area contributed by atoms with Gasteiger partial charge in [0.15, 0.2) is 0 Å². The molecule has 3 heteroatoms. The second-order valence-corrected chi connectivity index (χ2v) is 6.54. The summed E-state index contributed by atoms with van der Waals surface area (Å²) < 4.78 is 1.11. The highest BCUT2D eigenvalue weighted by Crippen LogP contribution is 2.34. The zero-order chi connectivity index (χ0) is 12.5. The fraction of sp³-hybridized carbons (Fsp3) is 0.571. The van der Waals surface area contributed by atoms with E-state index in [9.17, 15) is 0 Å². The van der Waals surface area contributed by atoms with Crippen molar-refractivity contribution in [1.82, 2.24) is 0 Å². The van der Waals surface area contributed by atoms with E-state index in [1.54, 1.807) is 0 Å². The molecule has 1 aromatic carbocycles. The molecule has 0 aliphatic carbocycles. The van der Waals surface area contributed by atoms with Gasteiger partial charge in [-0.25, -0.2) is 0 Å². The largest absolute Gasteiger partial charge is 0.371 e. The summed E-state index contributed by atoms with van der Waals surface area (Å²) in [5.41, 5.74) is 8.87. The molecule has 17 heavy (non-hydrogen) atoms. The molecule has 0 atom stereocenters. The van der Waals surface area contributed by atoms with E-state index in [1.807, 2.05) is 0 Å². The van der Waals surface area contributed by atoms with Crippen molar-refractivity contribution >= 4 is 21.6 Å². The third-order valence-electron chi connectivity index (χ3n) is 3.72. The van der Waals surface area contributed by atoms with Crippen LogP contribution in [0.4, 0.5) is 5.69 Å². The van der Waals surface area contributed by atoms with Crippen molar-refractivity contribution in [2.45, 2.75) is 33.2 Å². The molecular weight excluding hydrogens is 276 g/mol. The summed E-state index contributed by atoms with van der Waals surface area (Å²) in [6, 6.07) is 6.42. The second kappa shape index (κ2) is 4.99. The molecule has 0 saturated carbocycles. The Balaban J connectivity index is 2.18. The predicted octanol–water partition coefficient (Wildman–Crippen LogP) is 3.53. The Bertz CT molecular complexity index is 391. The van der Waals surface area contributed by atoms with Crippen molar-refractivity contribution in [3.05, 3.63) is 28.2 Å². The quantitative estimate of drug-likeness (QED) is 0.904. The topological polar surface area (TPSA) is 29.3 Å². The maximum Gasteiger partial charge on any atom is 0.0412 e. The predicted molar refractivity (Wildman–Crippen MR) is 77.3 cm³/mol. The van der Waals surface area contributed by atoms with Crippen LogP contribution < -0.4 is 10.6 Å². The summed E-state index contributed by atoms with van der Waals surface area (Å²) in [7, 11) is 0. The lowest BCUT2D eigenvalue weighted by atomic mass is 9.82. The van der Waals surface area contributed by atoms with Crippen LogP contribution in [-0.4, -0.2) is 13.1 Å². The molecule has 1 fully saturated rings. The lowest BCUT2D eigenvalue weighted by Crippen LogP contribution is -2.37. The Kier molecular flexibility index (Phi) is 3.79. The standard InChI is InChI=1S/C14H21BrN2/c1-14(2)5-7-17(8-6-14)13-4-3-12(15)9-11(13)10-16/h3-4,9H,5-8,10,16H2,1-2H3. The summed E-state index contributed by atoms with van der Waals surface area (Å²) in [6.45, 7) is 7.60. The van der Waals surface area contributed by atoms with Gasteiger partial charge in [-0.3, -0.25) is 0 Å². The molecular formula is C14H21BrN2.